The van der Waals surface area contributed by atoms with Crippen LogP contribution in [0.4, 0.5) is 11.4 Å². The van der Waals surface area contributed by atoms with Gasteiger partial charge in [0.2, 0.25) is 0 Å². The number of amides is 1. The van der Waals surface area contributed by atoms with E-state index in [1.165, 1.54) is 0 Å². The first-order valence-electron chi connectivity index (χ1n) is 6.63. The topological polar surface area (TPSA) is 52.6 Å². The van der Waals surface area contributed by atoms with Crippen molar-refractivity contribution in [3.8, 4) is 0 Å². The van der Waals surface area contributed by atoms with E-state index >= 15 is 0 Å². The maximum Gasteiger partial charge on any atom is 0.257 e. The molecule has 0 saturated carbocycles. The second-order valence-electron chi connectivity index (χ2n) is 5.15. The molecule has 1 heterocycles. The van der Waals surface area contributed by atoms with Crippen LogP contribution in [0.2, 0.25) is 5.02 Å². The van der Waals surface area contributed by atoms with Gasteiger partial charge in [-0.15, -0.1) is 0 Å². The van der Waals surface area contributed by atoms with Crippen molar-refractivity contribution in [2.24, 2.45) is 0 Å². The molecule has 2 aromatic carbocycles. The van der Waals surface area contributed by atoms with E-state index in [0.29, 0.717) is 11.3 Å². The molecule has 1 atom stereocenters. The van der Waals surface area contributed by atoms with E-state index in [-0.39, 0.29) is 5.91 Å². The number of halogens is 1. The van der Waals surface area contributed by atoms with Gasteiger partial charge >= 0.3 is 0 Å². The number of hydrogen-bond donors (Lipinski definition) is 2. The van der Waals surface area contributed by atoms with Crippen LogP contribution in [-0.4, -0.2) is 18.1 Å². The molecule has 4 nitrogen and oxygen atoms in total. The highest BCUT2D eigenvalue weighted by Gasteiger charge is 2.28. The van der Waals surface area contributed by atoms with Gasteiger partial charge in [0.25, 0.3) is 5.91 Å². The van der Waals surface area contributed by atoms with Gasteiger partial charge in [-0.3, -0.25) is 4.79 Å². The Hall–Kier alpha value is -2.04. The Morgan fingerprint density at radius 1 is 1.24 bits per heavy atom. The van der Waals surface area contributed by atoms with E-state index in [9.17, 15) is 9.90 Å². The van der Waals surface area contributed by atoms with E-state index in [0.717, 1.165) is 22.8 Å². The molecule has 2 aromatic rings. The van der Waals surface area contributed by atoms with E-state index in [1.807, 2.05) is 43.4 Å². The SMILES string of the molecule is CN(Cc1ccc(Cl)cc1)c1ccc2c(c1)NC(=O)C2O. The smallest absolute Gasteiger partial charge is 0.257 e. The van der Waals surface area contributed by atoms with Crippen molar-refractivity contribution in [1.82, 2.24) is 0 Å². The fourth-order valence-corrected chi connectivity index (χ4v) is 2.55. The van der Waals surface area contributed by atoms with Gasteiger partial charge in [-0.25, -0.2) is 0 Å². The highest BCUT2D eigenvalue weighted by molar-refractivity contribution is 6.30. The Labute approximate surface area is 128 Å². The minimum atomic E-state index is -1.06. The molecule has 3 rings (SSSR count). The van der Waals surface area contributed by atoms with Crippen LogP contribution in [0.3, 0.4) is 0 Å². The predicted octanol–water partition coefficient (Wildman–Crippen LogP) is 2.96. The maximum atomic E-state index is 11.4. The Morgan fingerprint density at radius 3 is 2.67 bits per heavy atom. The lowest BCUT2D eigenvalue weighted by Gasteiger charge is -2.20. The van der Waals surface area contributed by atoms with E-state index < -0.39 is 6.10 Å². The number of rotatable bonds is 3. The Morgan fingerprint density at radius 2 is 1.95 bits per heavy atom. The molecule has 0 saturated heterocycles. The molecule has 21 heavy (non-hydrogen) atoms. The molecule has 1 aliphatic heterocycles. The summed E-state index contributed by atoms with van der Waals surface area (Å²) in [6, 6.07) is 13.3. The summed E-state index contributed by atoms with van der Waals surface area (Å²) in [5.74, 6) is -0.373. The first-order chi connectivity index (χ1) is 10.0. The number of hydrogen-bond acceptors (Lipinski definition) is 3. The molecule has 0 fully saturated rings. The average Bonchev–Trinajstić information content (AvgIpc) is 2.76. The molecule has 0 aromatic heterocycles. The third-order valence-corrected chi connectivity index (χ3v) is 3.86. The number of carbonyl (C=O) groups is 1. The molecule has 1 aliphatic rings. The molecule has 0 aliphatic carbocycles. The molecule has 0 bridgehead atoms. The average molecular weight is 303 g/mol. The standard InChI is InChI=1S/C16H15ClN2O2/c1-19(9-10-2-4-11(17)5-3-10)12-6-7-13-14(8-12)18-16(21)15(13)20/h2-8,15,20H,9H2,1H3,(H,18,21). The molecule has 0 radical (unpaired) electrons. The Balaban J connectivity index is 1.80. The van der Waals surface area contributed by atoms with Crippen molar-refractivity contribution in [2.75, 3.05) is 17.3 Å². The predicted molar refractivity (Wildman–Crippen MR) is 83.6 cm³/mol. The molecule has 2 N–H and O–H groups in total. The van der Waals surface area contributed by atoms with E-state index in [4.69, 9.17) is 11.6 Å². The minimum absolute atomic E-state index is 0.373. The third-order valence-electron chi connectivity index (χ3n) is 3.61. The number of fused-ring (bicyclic) bond motifs is 1. The number of benzene rings is 2. The van der Waals surface area contributed by atoms with Crippen LogP contribution in [0.25, 0.3) is 0 Å². The summed E-state index contributed by atoms with van der Waals surface area (Å²) in [6.45, 7) is 0.729. The summed E-state index contributed by atoms with van der Waals surface area (Å²) in [4.78, 5) is 13.5. The van der Waals surface area contributed by atoms with Gasteiger partial charge in [-0.2, -0.15) is 0 Å². The zero-order valence-corrected chi connectivity index (χ0v) is 12.3. The summed E-state index contributed by atoms with van der Waals surface area (Å²) < 4.78 is 0. The van der Waals surface area contributed by atoms with E-state index in [1.54, 1.807) is 6.07 Å². The van der Waals surface area contributed by atoms with Crippen molar-refractivity contribution >= 4 is 28.9 Å². The lowest BCUT2D eigenvalue weighted by atomic mass is 10.1. The molecule has 108 valence electrons. The lowest BCUT2D eigenvalue weighted by Crippen LogP contribution is -2.16. The van der Waals surface area contributed by atoms with Crippen LogP contribution in [-0.2, 0) is 11.3 Å². The van der Waals surface area contributed by atoms with Crippen LogP contribution >= 0.6 is 11.6 Å². The van der Waals surface area contributed by atoms with Crippen LogP contribution < -0.4 is 10.2 Å². The van der Waals surface area contributed by atoms with Crippen LogP contribution in [0.1, 0.15) is 17.2 Å². The second-order valence-corrected chi connectivity index (χ2v) is 5.58. The van der Waals surface area contributed by atoms with E-state index in [2.05, 4.69) is 10.2 Å². The summed E-state index contributed by atoms with van der Waals surface area (Å²) in [5.41, 5.74) is 3.42. The molecule has 0 spiro atoms. The fourth-order valence-electron chi connectivity index (χ4n) is 2.43. The first kappa shape index (κ1) is 13.9. The number of nitrogens with zero attached hydrogens (tertiary/aromatic N) is 1. The lowest BCUT2D eigenvalue weighted by molar-refractivity contribution is -0.123. The van der Waals surface area contributed by atoms with Gasteiger partial charge < -0.3 is 15.3 Å². The monoisotopic (exact) mass is 302 g/mol. The summed E-state index contributed by atoms with van der Waals surface area (Å²) in [7, 11) is 1.98. The van der Waals surface area contributed by atoms with Gasteiger partial charge in [0, 0.05) is 35.6 Å². The maximum absolute atomic E-state index is 11.4. The van der Waals surface area contributed by atoms with Gasteiger partial charge in [-0.1, -0.05) is 29.8 Å². The molecule has 1 amide bonds. The van der Waals surface area contributed by atoms with Crippen LogP contribution in [0, 0.1) is 0 Å². The molecular weight excluding hydrogens is 288 g/mol. The minimum Gasteiger partial charge on any atom is -0.378 e. The summed E-state index contributed by atoms with van der Waals surface area (Å²) in [6.07, 6.45) is -1.06. The Kier molecular flexibility index (Phi) is 3.57. The van der Waals surface area contributed by atoms with Gasteiger partial charge in [-0.05, 0) is 29.8 Å². The van der Waals surface area contributed by atoms with Gasteiger partial charge in [0.1, 0.15) is 0 Å². The molecule has 5 heteroatoms. The van der Waals surface area contributed by atoms with Gasteiger partial charge in [0.05, 0.1) is 0 Å². The Bertz CT molecular complexity index is 685. The van der Waals surface area contributed by atoms with Crippen molar-refractivity contribution in [1.29, 1.82) is 0 Å². The fraction of sp³-hybridized carbons (Fsp3) is 0.188. The van der Waals surface area contributed by atoms with Crippen molar-refractivity contribution in [3.63, 3.8) is 0 Å². The largest absolute Gasteiger partial charge is 0.378 e. The zero-order valence-electron chi connectivity index (χ0n) is 11.5. The highest BCUT2D eigenvalue weighted by Crippen LogP contribution is 2.33. The number of nitrogens with one attached hydrogen (secondary N) is 1. The molecular formula is C16H15ClN2O2. The highest BCUT2D eigenvalue weighted by atomic mass is 35.5. The van der Waals surface area contributed by atoms with Crippen molar-refractivity contribution in [2.45, 2.75) is 12.6 Å². The van der Waals surface area contributed by atoms with Gasteiger partial charge in [0.15, 0.2) is 6.10 Å². The normalized spacial score (nSPS) is 16.5. The van der Waals surface area contributed by atoms with Crippen molar-refractivity contribution < 1.29 is 9.90 Å². The van der Waals surface area contributed by atoms with Crippen LogP contribution in [0.5, 0.6) is 0 Å². The first-order valence-corrected chi connectivity index (χ1v) is 7.01. The number of aliphatic hydroxyl groups is 1. The zero-order chi connectivity index (χ0) is 15.0. The second kappa shape index (κ2) is 5.39. The van der Waals surface area contributed by atoms with Crippen molar-refractivity contribution in [3.05, 3.63) is 58.6 Å². The summed E-state index contributed by atoms with van der Waals surface area (Å²) >= 11 is 5.88. The molecule has 1 unspecified atom stereocenters. The third kappa shape index (κ3) is 2.73. The quantitative estimate of drug-likeness (QED) is 0.916. The summed E-state index contributed by atoms with van der Waals surface area (Å²) in [5, 5.41) is 13.1. The number of anilines is 2. The number of carbonyl (C=O) groups excluding carboxylic acids is 1. The van der Waals surface area contributed by atoms with Crippen LogP contribution in [0.15, 0.2) is 42.5 Å². The number of aliphatic hydroxyl groups excluding tert-OH is 1.